The highest BCUT2D eigenvalue weighted by Gasteiger charge is 2.24. The average molecular weight is 198 g/mol. The van der Waals surface area contributed by atoms with Crippen molar-refractivity contribution in [2.45, 2.75) is 20.3 Å². The maximum absolute atomic E-state index is 11.7. The molecular weight excluding hydrogens is 180 g/mol. The molecular formula is C10H18N2O2. The van der Waals surface area contributed by atoms with Gasteiger partial charge in [0.25, 0.3) is 0 Å². The molecule has 2 amide bonds. The van der Waals surface area contributed by atoms with Gasteiger partial charge >= 0.3 is 6.03 Å². The third-order valence-corrected chi connectivity index (χ3v) is 2.52. The Hall–Kier alpha value is -1.06. The zero-order valence-corrected chi connectivity index (χ0v) is 8.90. The fraction of sp³-hybridized carbons (Fsp3) is 0.800. The first-order valence-corrected chi connectivity index (χ1v) is 5.18. The van der Waals surface area contributed by atoms with Crippen LogP contribution >= 0.6 is 0 Å². The Bertz CT molecular complexity index is 218. The van der Waals surface area contributed by atoms with Gasteiger partial charge in [0.05, 0.1) is 0 Å². The van der Waals surface area contributed by atoms with Gasteiger partial charge in [-0.2, -0.15) is 0 Å². The minimum atomic E-state index is -0.0595. The topological polar surface area (TPSA) is 40.6 Å². The molecule has 0 bridgehead atoms. The van der Waals surface area contributed by atoms with Crippen LogP contribution in [0.5, 0.6) is 0 Å². The van der Waals surface area contributed by atoms with E-state index < -0.39 is 0 Å². The molecule has 4 heteroatoms. The summed E-state index contributed by atoms with van der Waals surface area (Å²) >= 11 is 0. The van der Waals surface area contributed by atoms with Gasteiger partial charge in [0.1, 0.15) is 6.29 Å². The lowest BCUT2D eigenvalue weighted by atomic mass is 10.2. The van der Waals surface area contributed by atoms with E-state index in [9.17, 15) is 9.59 Å². The summed E-state index contributed by atoms with van der Waals surface area (Å²) in [5, 5.41) is 0. The summed E-state index contributed by atoms with van der Waals surface area (Å²) in [6.07, 6.45) is 1.91. The summed E-state index contributed by atoms with van der Waals surface area (Å²) < 4.78 is 0. The van der Waals surface area contributed by atoms with Crippen molar-refractivity contribution in [1.29, 1.82) is 0 Å². The van der Waals surface area contributed by atoms with Gasteiger partial charge in [0.2, 0.25) is 0 Å². The summed E-state index contributed by atoms with van der Waals surface area (Å²) in [7, 11) is 0. The smallest absolute Gasteiger partial charge is 0.320 e. The Labute approximate surface area is 84.9 Å². The number of amides is 2. The van der Waals surface area contributed by atoms with E-state index in [1.54, 1.807) is 4.90 Å². The number of aldehydes is 1. The van der Waals surface area contributed by atoms with Crippen LogP contribution in [0.15, 0.2) is 0 Å². The Morgan fingerprint density at radius 2 is 2.07 bits per heavy atom. The average Bonchev–Trinajstić information content (AvgIpc) is 2.21. The van der Waals surface area contributed by atoms with Crippen LogP contribution in [0.25, 0.3) is 0 Å². The van der Waals surface area contributed by atoms with Crippen LogP contribution in [0.3, 0.4) is 0 Å². The van der Waals surface area contributed by atoms with E-state index in [1.807, 2.05) is 18.7 Å². The van der Waals surface area contributed by atoms with E-state index >= 15 is 0 Å². The first kappa shape index (κ1) is 11.0. The molecule has 1 unspecified atom stereocenters. The molecule has 0 N–H and O–H groups in total. The number of rotatable bonds is 4. The number of nitrogens with zero attached hydrogens (tertiary/aromatic N) is 2. The monoisotopic (exact) mass is 198 g/mol. The van der Waals surface area contributed by atoms with Crippen LogP contribution in [0, 0.1) is 5.92 Å². The van der Waals surface area contributed by atoms with E-state index in [1.165, 1.54) is 0 Å². The molecule has 0 aromatic rings. The van der Waals surface area contributed by atoms with Crippen LogP contribution in [0.2, 0.25) is 0 Å². The molecule has 1 heterocycles. The molecule has 1 rings (SSSR count). The van der Waals surface area contributed by atoms with Crippen molar-refractivity contribution in [3.63, 3.8) is 0 Å². The Balaban J connectivity index is 2.51. The normalized spacial score (nSPS) is 19.7. The van der Waals surface area contributed by atoms with Gasteiger partial charge < -0.3 is 14.6 Å². The summed E-state index contributed by atoms with van der Waals surface area (Å²) in [4.78, 5) is 25.8. The highest BCUT2D eigenvalue weighted by molar-refractivity contribution is 5.75. The van der Waals surface area contributed by atoms with Crippen LogP contribution in [0.1, 0.15) is 20.3 Å². The van der Waals surface area contributed by atoms with Gasteiger partial charge in [-0.05, 0) is 13.3 Å². The van der Waals surface area contributed by atoms with E-state index in [0.29, 0.717) is 6.54 Å². The lowest BCUT2D eigenvalue weighted by Gasteiger charge is -2.35. The molecule has 4 nitrogen and oxygen atoms in total. The second kappa shape index (κ2) is 4.98. The van der Waals surface area contributed by atoms with Crippen molar-refractivity contribution in [2.24, 2.45) is 5.92 Å². The third-order valence-electron chi connectivity index (χ3n) is 2.52. The molecule has 1 aliphatic heterocycles. The fourth-order valence-corrected chi connectivity index (χ4v) is 1.70. The third kappa shape index (κ3) is 2.47. The number of carbonyl (C=O) groups is 2. The summed E-state index contributed by atoms with van der Waals surface area (Å²) in [6, 6.07) is 0.0763. The van der Waals surface area contributed by atoms with Crippen LogP contribution < -0.4 is 0 Å². The van der Waals surface area contributed by atoms with E-state index in [2.05, 4.69) is 0 Å². The zero-order chi connectivity index (χ0) is 10.6. The largest absolute Gasteiger partial charge is 0.325 e. The van der Waals surface area contributed by atoms with Crippen molar-refractivity contribution >= 4 is 12.3 Å². The number of urea groups is 1. The summed E-state index contributed by atoms with van der Waals surface area (Å²) in [5.74, 6) is -0.0595. The second-order valence-corrected chi connectivity index (χ2v) is 3.78. The molecule has 1 saturated heterocycles. The molecule has 1 fully saturated rings. The minimum Gasteiger partial charge on any atom is -0.325 e. The SMILES string of the molecule is CCN1CCCN(CC(C)C=O)C1=O. The predicted octanol–water partition coefficient (Wildman–Crippen LogP) is 0.969. The number of hydrogen-bond donors (Lipinski definition) is 0. The summed E-state index contributed by atoms with van der Waals surface area (Å²) in [5.41, 5.74) is 0. The van der Waals surface area contributed by atoms with E-state index in [0.717, 1.165) is 32.3 Å². The van der Waals surface area contributed by atoms with Crippen LogP contribution in [0.4, 0.5) is 4.79 Å². The Morgan fingerprint density at radius 3 is 2.64 bits per heavy atom. The molecule has 0 aromatic carbocycles. The molecule has 0 spiro atoms. The lowest BCUT2D eigenvalue weighted by Crippen LogP contribution is -2.50. The van der Waals surface area contributed by atoms with Gasteiger partial charge in [0, 0.05) is 32.1 Å². The molecule has 0 aromatic heterocycles. The van der Waals surface area contributed by atoms with Crippen molar-refractivity contribution in [3.8, 4) is 0 Å². The molecule has 80 valence electrons. The maximum atomic E-state index is 11.7. The van der Waals surface area contributed by atoms with Crippen molar-refractivity contribution < 1.29 is 9.59 Å². The molecule has 1 aliphatic rings. The summed E-state index contributed by atoms with van der Waals surface area (Å²) in [6.45, 7) is 6.76. The highest BCUT2D eigenvalue weighted by Crippen LogP contribution is 2.10. The van der Waals surface area contributed by atoms with Gasteiger partial charge in [-0.25, -0.2) is 4.79 Å². The van der Waals surface area contributed by atoms with E-state index in [-0.39, 0.29) is 11.9 Å². The van der Waals surface area contributed by atoms with Crippen molar-refractivity contribution in [3.05, 3.63) is 0 Å². The van der Waals surface area contributed by atoms with Crippen LogP contribution in [-0.4, -0.2) is 48.3 Å². The molecule has 1 atom stereocenters. The quantitative estimate of drug-likeness (QED) is 0.631. The highest BCUT2D eigenvalue weighted by atomic mass is 16.2. The molecule has 14 heavy (non-hydrogen) atoms. The lowest BCUT2D eigenvalue weighted by molar-refractivity contribution is -0.111. The first-order valence-electron chi connectivity index (χ1n) is 5.18. The maximum Gasteiger partial charge on any atom is 0.320 e. The first-order chi connectivity index (χ1) is 6.69. The van der Waals surface area contributed by atoms with E-state index in [4.69, 9.17) is 0 Å². The molecule has 0 radical (unpaired) electrons. The van der Waals surface area contributed by atoms with Gasteiger partial charge in [-0.15, -0.1) is 0 Å². The minimum absolute atomic E-state index is 0.0595. The second-order valence-electron chi connectivity index (χ2n) is 3.78. The van der Waals surface area contributed by atoms with Crippen molar-refractivity contribution in [1.82, 2.24) is 9.80 Å². The Kier molecular flexibility index (Phi) is 3.92. The zero-order valence-electron chi connectivity index (χ0n) is 8.90. The number of carbonyl (C=O) groups excluding carboxylic acids is 2. The van der Waals surface area contributed by atoms with Gasteiger partial charge in [-0.1, -0.05) is 6.92 Å². The standard InChI is InChI=1S/C10H18N2O2/c1-3-11-5-4-6-12(10(11)14)7-9(2)8-13/h8-9H,3-7H2,1-2H3. The Morgan fingerprint density at radius 1 is 1.43 bits per heavy atom. The predicted molar refractivity (Wildman–Crippen MR) is 54.1 cm³/mol. The number of hydrogen-bond acceptors (Lipinski definition) is 2. The molecule has 0 saturated carbocycles. The van der Waals surface area contributed by atoms with Gasteiger partial charge in [-0.3, -0.25) is 0 Å². The van der Waals surface area contributed by atoms with Gasteiger partial charge in [0.15, 0.2) is 0 Å². The van der Waals surface area contributed by atoms with Crippen molar-refractivity contribution in [2.75, 3.05) is 26.2 Å². The van der Waals surface area contributed by atoms with Crippen LogP contribution in [-0.2, 0) is 4.79 Å². The molecule has 0 aliphatic carbocycles. The fourth-order valence-electron chi connectivity index (χ4n) is 1.70.